The van der Waals surface area contributed by atoms with E-state index < -0.39 is 0 Å². The van der Waals surface area contributed by atoms with Gasteiger partial charge in [0.25, 0.3) is 0 Å². The minimum absolute atomic E-state index is 0.752. The van der Waals surface area contributed by atoms with Gasteiger partial charge in [-0.2, -0.15) is 0 Å². The van der Waals surface area contributed by atoms with Crippen LogP contribution in [-0.4, -0.2) is 6.29 Å². The van der Waals surface area contributed by atoms with Crippen LogP contribution in [0.5, 0.6) is 0 Å². The topological polar surface area (TPSA) is 17.1 Å². The normalized spacial score (nSPS) is 10.7. The number of hydrogen-bond donors (Lipinski definition) is 1. The summed E-state index contributed by atoms with van der Waals surface area (Å²) < 4.78 is 1.02. The predicted octanol–water partition coefficient (Wildman–Crippen LogP) is 3.90. The number of hydrogen-bond acceptors (Lipinski definition) is 3. The van der Waals surface area contributed by atoms with Crippen LogP contribution in [0.25, 0.3) is 10.1 Å². The molecule has 0 radical (unpaired) electrons. The molecule has 0 unspecified atom stereocenters. The zero-order chi connectivity index (χ0) is 10.1. The third kappa shape index (κ3) is 1.62. The van der Waals surface area contributed by atoms with Gasteiger partial charge in [0.05, 0.1) is 0 Å². The van der Waals surface area contributed by atoms with Crippen LogP contribution in [0, 0.1) is 0 Å². The van der Waals surface area contributed by atoms with Gasteiger partial charge >= 0.3 is 0 Å². The first-order chi connectivity index (χ1) is 6.76. The lowest BCUT2D eigenvalue weighted by molar-refractivity contribution is 0.112. The van der Waals surface area contributed by atoms with Crippen LogP contribution in [0.15, 0.2) is 22.4 Å². The second-order valence-corrected chi connectivity index (χ2v) is 4.86. The number of thiophene rings is 1. The van der Waals surface area contributed by atoms with E-state index in [2.05, 4.69) is 34.6 Å². The second kappa shape index (κ2) is 4.04. The molecular formula is C10H7BrOS2. The van der Waals surface area contributed by atoms with Crippen LogP contribution in [-0.2, 0) is 5.33 Å². The highest BCUT2D eigenvalue weighted by molar-refractivity contribution is 9.08. The molecule has 0 aliphatic carbocycles. The lowest BCUT2D eigenvalue weighted by Crippen LogP contribution is -1.84. The fourth-order valence-corrected chi connectivity index (χ4v) is 3.01. The van der Waals surface area contributed by atoms with Crippen molar-refractivity contribution in [1.29, 1.82) is 0 Å². The Labute approximate surface area is 99.7 Å². The standard InChI is InChI=1S/C10H7BrOS2/c11-3-6-1-7(4-12)10-8(2-6)9(13)5-14-10/h1-2,4-5,13H,3H2. The fourth-order valence-electron chi connectivity index (χ4n) is 1.38. The first-order valence-corrected chi connectivity index (χ1v) is 6.45. The highest BCUT2D eigenvalue weighted by atomic mass is 79.9. The molecule has 1 nitrogen and oxygen atoms in total. The lowest BCUT2D eigenvalue weighted by atomic mass is 10.1. The maximum atomic E-state index is 10.9. The third-order valence-electron chi connectivity index (χ3n) is 2.02. The number of rotatable bonds is 2. The Morgan fingerprint density at radius 3 is 2.93 bits per heavy atom. The molecule has 2 aromatic rings. The molecule has 0 aliphatic heterocycles. The molecule has 0 aliphatic rings. The second-order valence-electron chi connectivity index (χ2n) is 2.93. The summed E-state index contributed by atoms with van der Waals surface area (Å²) in [5.74, 6) is 0. The molecule has 2 rings (SSSR count). The van der Waals surface area contributed by atoms with E-state index >= 15 is 0 Å². The van der Waals surface area contributed by atoms with Crippen molar-refractivity contribution >= 4 is 56.3 Å². The first-order valence-electron chi connectivity index (χ1n) is 4.00. The van der Waals surface area contributed by atoms with E-state index in [4.69, 9.17) is 0 Å². The quantitative estimate of drug-likeness (QED) is 0.503. The third-order valence-corrected chi connectivity index (χ3v) is 4.26. The molecule has 72 valence electrons. The molecule has 0 amide bonds. The van der Waals surface area contributed by atoms with Crippen molar-refractivity contribution in [1.82, 2.24) is 0 Å². The molecule has 1 aromatic heterocycles. The van der Waals surface area contributed by atoms with Gasteiger partial charge in [-0.3, -0.25) is 4.79 Å². The minimum Gasteiger partial charge on any atom is -0.298 e. The highest BCUT2D eigenvalue weighted by Crippen LogP contribution is 2.32. The van der Waals surface area contributed by atoms with Gasteiger partial charge in [-0.25, -0.2) is 0 Å². The molecule has 14 heavy (non-hydrogen) atoms. The van der Waals surface area contributed by atoms with Gasteiger partial charge in [0.15, 0.2) is 6.29 Å². The molecule has 0 saturated carbocycles. The smallest absolute Gasteiger partial charge is 0.151 e. The van der Waals surface area contributed by atoms with Crippen molar-refractivity contribution in [3.05, 3.63) is 28.6 Å². The van der Waals surface area contributed by atoms with Crippen LogP contribution in [0.2, 0.25) is 0 Å². The number of benzene rings is 1. The van der Waals surface area contributed by atoms with Gasteiger partial charge in [0, 0.05) is 31.3 Å². The summed E-state index contributed by atoms with van der Waals surface area (Å²) in [6, 6.07) is 3.98. The van der Waals surface area contributed by atoms with Crippen LogP contribution >= 0.6 is 39.9 Å². The summed E-state index contributed by atoms with van der Waals surface area (Å²) in [5, 5.41) is 3.78. The van der Waals surface area contributed by atoms with E-state index in [1.54, 1.807) is 11.3 Å². The lowest BCUT2D eigenvalue weighted by Gasteiger charge is -2.00. The fraction of sp³-hybridized carbons (Fsp3) is 0.100. The first kappa shape index (κ1) is 10.2. The van der Waals surface area contributed by atoms with Crippen molar-refractivity contribution in [3.63, 3.8) is 0 Å². The Morgan fingerprint density at radius 2 is 2.29 bits per heavy atom. The van der Waals surface area contributed by atoms with E-state index in [0.717, 1.165) is 37.7 Å². The number of fused-ring (bicyclic) bond motifs is 1. The molecule has 0 atom stereocenters. The number of aldehydes is 1. The van der Waals surface area contributed by atoms with Gasteiger partial charge in [-0.1, -0.05) is 15.9 Å². The van der Waals surface area contributed by atoms with Gasteiger partial charge in [-0.05, 0) is 17.7 Å². The Bertz CT molecular complexity index is 490. The number of halogens is 1. The van der Waals surface area contributed by atoms with E-state index in [-0.39, 0.29) is 0 Å². The van der Waals surface area contributed by atoms with Gasteiger partial charge < -0.3 is 0 Å². The predicted molar refractivity (Wildman–Crippen MR) is 67.1 cm³/mol. The van der Waals surface area contributed by atoms with E-state index in [0.29, 0.717) is 0 Å². The molecule has 1 aromatic carbocycles. The Morgan fingerprint density at radius 1 is 1.50 bits per heavy atom. The van der Waals surface area contributed by atoms with Crippen LogP contribution in [0.3, 0.4) is 0 Å². The minimum atomic E-state index is 0.752. The van der Waals surface area contributed by atoms with Crippen molar-refractivity contribution in [2.75, 3.05) is 0 Å². The Hall–Kier alpha value is -0.320. The average Bonchev–Trinajstić information content (AvgIpc) is 2.59. The van der Waals surface area contributed by atoms with E-state index in [1.807, 2.05) is 11.4 Å². The summed E-state index contributed by atoms with van der Waals surface area (Å²) in [6.45, 7) is 0. The van der Waals surface area contributed by atoms with Crippen molar-refractivity contribution in [3.8, 4) is 0 Å². The van der Waals surface area contributed by atoms with Gasteiger partial charge in [0.1, 0.15) is 0 Å². The number of alkyl halides is 1. The number of carbonyl (C=O) groups excluding carboxylic acids is 1. The highest BCUT2D eigenvalue weighted by Gasteiger charge is 2.07. The molecule has 1 heterocycles. The van der Waals surface area contributed by atoms with Crippen LogP contribution < -0.4 is 0 Å². The summed E-state index contributed by atoms with van der Waals surface area (Å²) in [6.07, 6.45) is 0.901. The molecular weight excluding hydrogens is 280 g/mol. The zero-order valence-electron chi connectivity index (χ0n) is 7.16. The Balaban J connectivity index is 2.82. The molecule has 4 heteroatoms. The summed E-state index contributed by atoms with van der Waals surface area (Å²) >= 11 is 9.30. The van der Waals surface area contributed by atoms with Gasteiger partial charge in [0.2, 0.25) is 0 Å². The van der Waals surface area contributed by atoms with Crippen molar-refractivity contribution in [2.45, 2.75) is 10.2 Å². The van der Waals surface area contributed by atoms with Crippen molar-refractivity contribution in [2.24, 2.45) is 0 Å². The SMILES string of the molecule is O=Cc1cc(CBr)cc2c(S)csc12. The molecule has 0 N–H and O–H groups in total. The monoisotopic (exact) mass is 286 g/mol. The van der Waals surface area contributed by atoms with Crippen molar-refractivity contribution < 1.29 is 4.79 Å². The average molecular weight is 287 g/mol. The number of thiol groups is 1. The maximum absolute atomic E-state index is 10.9. The molecule has 0 fully saturated rings. The van der Waals surface area contributed by atoms with Gasteiger partial charge in [-0.15, -0.1) is 24.0 Å². The summed E-state index contributed by atoms with van der Waals surface area (Å²) in [7, 11) is 0. The largest absolute Gasteiger partial charge is 0.298 e. The summed E-state index contributed by atoms with van der Waals surface area (Å²) in [4.78, 5) is 11.8. The molecule has 0 bridgehead atoms. The van der Waals surface area contributed by atoms with Crippen LogP contribution in [0.4, 0.5) is 0 Å². The summed E-state index contributed by atoms with van der Waals surface area (Å²) in [5.41, 5.74) is 1.86. The number of carbonyl (C=O) groups is 1. The van der Waals surface area contributed by atoms with E-state index in [9.17, 15) is 4.79 Å². The maximum Gasteiger partial charge on any atom is 0.151 e. The Kier molecular flexibility index (Phi) is 2.95. The molecule has 0 saturated heterocycles. The van der Waals surface area contributed by atoms with E-state index in [1.165, 1.54) is 0 Å². The zero-order valence-corrected chi connectivity index (χ0v) is 10.5. The van der Waals surface area contributed by atoms with Crippen LogP contribution in [0.1, 0.15) is 15.9 Å². The molecule has 0 spiro atoms.